The van der Waals surface area contributed by atoms with Crippen molar-refractivity contribution < 1.29 is 9.84 Å². The van der Waals surface area contributed by atoms with Crippen LogP contribution in [-0.4, -0.2) is 48.5 Å². The molecule has 1 heterocycles. The number of piperidine rings is 1. The first-order valence-electron chi connectivity index (χ1n) is 5.90. The zero-order chi connectivity index (χ0) is 11.5. The zero-order valence-corrected chi connectivity index (χ0v) is 10.5. The van der Waals surface area contributed by atoms with Gasteiger partial charge in [0.2, 0.25) is 0 Å². The van der Waals surface area contributed by atoms with Gasteiger partial charge in [0.1, 0.15) is 0 Å². The number of methoxy groups -OCH3 is 1. The molecule has 0 spiro atoms. The fourth-order valence-electron chi connectivity index (χ4n) is 1.85. The lowest BCUT2D eigenvalue weighted by atomic mass is 9.95. The van der Waals surface area contributed by atoms with E-state index in [2.05, 4.69) is 25.7 Å². The van der Waals surface area contributed by atoms with Crippen LogP contribution in [0.15, 0.2) is 0 Å². The largest absolute Gasteiger partial charge is 0.392 e. The summed E-state index contributed by atoms with van der Waals surface area (Å²) in [6.07, 6.45) is 1.98. The van der Waals surface area contributed by atoms with Gasteiger partial charge in [-0.15, -0.1) is 0 Å². The zero-order valence-electron chi connectivity index (χ0n) is 10.5. The van der Waals surface area contributed by atoms with E-state index in [0.29, 0.717) is 5.92 Å². The minimum atomic E-state index is -0.149. The fraction of sp³-hybridized carbons (Fsp3) is 1.00. The third kappa shape index (κ3) is 4.09. The first-order valence-corrected chi connectivity index (χ1v) is 5.90. The van der Waals surface area contributed by atoms with Crippen LogP contribution in [0.5, 0.6) is 0 Å². The molecular formula is C12H25NO2. The van der Waals surface area contributed by atoms with Gasteiger partial charge in [0, 0.05) is 20.2 Å². The van der Waals surface area contributed by atoms with Gasteiger partial charge in [0.05, 0.1) is 11.7 Å². The highest BCUT2D eigenvalue weighted by Crippen LogP contribution is 2.19. The smallest absolute Gasteiger partial charge is 0.0693 e. The van der Waals surface area contributed by atoms with E-state index in [1.54, 1.807) is 7.11 Å². The Morgan fingerprint density at radius 2 is 2.13 bits per heavy atom. The summed E-state index contributed by atoms with van der Waals surface area (Å²) >= 11 is 0. The normalized spacial score (nSPS) is 29.4. The molecule has 2 atom stereocenters. The summed E-state index contributed by atoms with van der Waals surface area (Å²) in [7, 11) is 1.76. The summed E-state index contributed by atoms with van der Waals surface area (Å²) in [4.78, 5) is 2.34. The number of hydrogen-bond donors (Lipinski definition) is 1. The first kappa shape index (κ1) is 12.9. The molecule has 1 fully saturated rings. The van der Waals surface area contributed by atoms with Crippen LogP contribution in [0.2, 0.25) is 0 Å². The van der Waals surface area contributed by atoms with Crippen molar-refractivity contribution in [2.75, 3.05) is 26.7 Å². The van der Waals surface area contributed by atoms with Gasteiger partial charge < -0.3 is 14.7 Å². The predicted molar refractivity (Wildman–Crippen MR) is 61.9 cm³/mol. The van der Waals surface area contributed by atoms with E-state index in [4.69, 9.17) is 4.74 Å². The lowest BCUT2D eigenvalue weighted by Crippen LogP contribution is -2.44. The minimum Gasteiger partial charge on any atom is -0.392 e. The summed E-state index contributed by atoms with van der Waals surface area (Å²) < 4.78 is 5.39. The molecule has 15 heavy (non-hydrogen) atoms. The van der Waals surface area contributed by atoms with Crippen LogP contribution in [0, 0.1) is 5.92 Å². The maximum Gasteiger partial charge on any atom is 0.0693 e. The quantitative estimate of drug-likeness (QED) is 0.771. The number of ether oxygens (including phenoxy) is 1. The lowest BCUT2D eigenvalue weighted by Gasteiger charge is -2.36. The average Bonchev–Trinajstić information content (AvgIpc) is 2.20. The van der Waals surface area contributed by atoms with Crippen LogP contribution in [0.3, 0.4) is 0 Å². The molecule has 2 unspecified atom stereocenters. The predicted octanol–water partition coefficient (Wildman–Crippen LogP) is 1.50. The van der Waals surface area contributed by atoms with E-state index < -0.39 is 0 Å². The molecule has 0 aliphatic carbocycles. The highest BCUT2D eigenvalue weighted by molar-refractivity contribution is 4.79. The molecule has 3 nitrogen and oxygen atoms in total. The van der Waals surface area contributed by atoms with Crippen molar-refractivity contribution in [2.45, 2.75) is 45.3 Å². The van der Waals surface area contributed by atoms with E-state index in [1.807, 2.05) is 0 Å². The number of aliphatic hydroxyl groups is 1. The third-order valence-electron chi connectivity index (χ3n) is 3.59. The van der Waals surface area contributed by atoms with Gasteiger partial charge in [-0.25, -0.2) is 0 Å². The fourth-order valence-corrected chi connectivity index (χ4v) is 1.85. The number of aliphatic hydroxyl groups excluding tert-OH is 1. The molecule has 0 aromatic rings. The van der Waals surface area contributed by atoms with Crippen LogP contribution in [0.4, 0.5) is 0 Å². The Hall–Kier alpha value is -0.120. The number of likely N-dealkylation sites (tertiary alicyclic amines) is 1. The lowest BCUT2D eigenvalue weighted by molar-refractivity contribution is -0.0108. The molecule has 0 radical (unpaired) electrons. The summed E-state index contributed by atoms with van der Waals surface area (Å²) in [5.41, 5.74) is -0.0476. The van der Waals surface area contributed by atoms with Crippen LogP contribution in [-0.2, 0) is 4.74 Å². The van der Waals surface area contributed by atoms with E-state index in [1.165, 1.54) is 0 Å². The van der Waals surface area contributed by atoms with Crippen LogP contribution in [0.25, 0.3) is 0 Å². The third-order valence-corrected chi connectivity index (χ3v) is 3.59. The molecule has 1 saturated heterocycles. The molecular weight excluding hydrogens is 190 g/mol. The Kier molecular flexibility index (Phi) is 4.56. The molecule has 90 valence electrons. The first-order chi connectivity index (χ1) is 6.94. The maximum atomic E-state index is 9.76. The van der Waals surface area contributed by atoms with Gasteiger partial charge in [-0.3, -0.25) is 0 Å². The van der Waals surface area contributed by atoms with Gasteiger partial charge in [0.25, 0.3) is 0 Å². The van der Waals surface area contributed by atoms with Gasteiger partial charge >= 0.3 is 0 Å². The molecule has 1 aliphatic heterocycles. The average molecular weight is 215 g/mol. The summed E-state index contributed by atoms with van der Waals surface area (Å²) in [5.74, 6) is 0.455. The second-order valence-electron chi connectivity index (χ2n) is 5.35. The van der Waals surface area contributed by atoms with Crippen molar-refractivity contribution in [1.82, 2.24) is 4.90 Å². The maximum absolute atomic E-state index is 9.76. The number of rotatable bonds is 4. The Bertz CT molecular complexity index is 194. The Balaban J connectivity index is 2.28. The van der Waals surface area contributed by atoms with Gasteiger partial charge in [-0.2, -0.15) is 0 Å². The van der Waals surface area contributed by atoms with Crippen molar-refractivity contribution in [1.29, 1.82) is 0 Å². The van der Waals surface area contributed by atoms with Crippen LogP contribution in [0.1, 0.15) is 33.6 Å². The standard InChI is InChI=1S/C12H25NO2/c1-10-5-7-13(9-11(10)14)8-6-12(2,3)15-4/h10-11,14H,5-9H2,1-4H3. The van der Waals surface area contributed by atoms with Crippen molar-refractivity contribution in [3.05, 3.63) is 0 Å². The van der Waals surface area contributed by atoms with Gasteiger partial charge in [-0.05, 0) is 39.2 Å². The molecule has 0 bridgehead atoms. The van der Waals surface area contributed by atoms with Crippen molar-refractivity contribution >= 4 is 0 Å². The van der Waals surface area contributed by atoms with E-state index >= 15 is 0 Å². The van der Waals surface area contributed by atoms with Crippen LogP contribution < -0.4 is 0 Å². The molecule has 0 amide bonds. The summed E-state index contributed by atoms with van der Waals surface area (Å²) in [6, 6.07) is 0. The van der Waals surface area contributed by atoms with E-state index in [-0.39, 0.29) is 11.7 Å². The second-order valence-corrected chi connectivity index (χ2v) is 5.35. The molecule has 0 aromatic heterocycles. The van der Waals surface area contributed by atoms with Crippen LogP contribution >= 0.6 is 0 Å². The second kappa shape index (κ2) is 5.28. The minimum absolute atomic E-state index is 0.0476. The Morgan fingerprint density at radius 1 is 1.47 bits per heavy atom. The monoisotopic (exact) mass is 215 g/mol. The summed E-state index contributed by atoms with van der Waals surface area (Å²) in [6.45, 7) is 9.29. The van der Waals surface area contributed by atoms with Crippen molar-refractivity contribution in [3.8, 4) is 0 Å². The van der Waals surface area contributed by atoms with Gasteiger partial charge in [-0.1, -0.05) is 6.92 Å². The highest BCUT2D eigenvalue weighted by Gasteiger charge is 2.25. The molecule has 0 saturated carbocycles. The Labute approximate surface area is 93.4 Å². The molecule has 1 rings (SSSR count). The van der Waals surface area contributed by atoms with Crippen molar-refractivity contribution in [3.63, 3.8) is 0 Å². The number of β-amino-alcohol motifs (C(OH)–C–C–N with tert-alkyl or cyclic N) is 1. The topological polar surface area (TPSA) is 32.7 Å². The Morgan fingerprint density at radius 3 is 2.67 bits per heavy atom. The number of hydrogen-bond acceptors (Lipinski definition) is 3. The van der Waals surface area contributed by atoms with E-state index in [9.17, 15) is 5.11 Å². The SMILES string of the molecule is COC(C)(C)CCN1CCC(C)C(O)C1. The molecule has 3 heteroatoms. The molecule has 1 N–H and O–H groups in total. The molecule has 1 aliphatic rings. The van der Waals surface area contributed by atoms with Crippen molar-refractivity contribution in [2.24, 2.45) is 5.92 Å². The van der Waals surface area contributed by atoms with E-state index in [0.717, 1.165) is 32.5 Å². The number of nitrogens with zero attached hydrogens (tertiary/aromatic N) is 1. The highest BCUT2D eigenvalue weighted by atomic mass is 16.5. The van der Waals surface area contributed by atoms with Gasteiger partial charge in [0.15, 0.2) is 0 Å². The molecule has 0 aromatic carbocycles. The summed E-state index contributed by atoms with van der Waals surface area (Å²) in [5, 5.41) is 9.76.